The zero-order valence-corrected chi connectivity index (χ0v) is 20.9. The van der Waals surface area contributed by atoms with E-state index in [2.05, 4.69) is 20.4 Å². The van der Waals surface area contributed by atoms with Crippen LogP contribution in [0.15, 0.2) is 12.2 Å². The third-order valence-electron chi connectivity index (χ3n) is 5.50. The van der Waals surface area contributed by atoms with Crippen LogP contribution in [0.5, 0.6) is 0 Å². The average Bonchev–Trinajstić information content (AvgIpc) is 2.65. The summed E-state index contributed by atoms with van der Waals surface area (Å²) in [6.07, 6.45) is 18.2. The van der Waals surface area contributed by atoms with E-state index in [9.17, 15) is 4.79 Å². The Morgan fingerprint density at radius 2 is 1.14 bits per heavy atom. The fraction of sp³-hybridized carbons (Fsp3) is 0.875. The van der Waals surface area contributed by atoms with Crippen molar-refractivity contribution in [3.05, 3.63) is 12.2 Å². The summed E-state index contributed by atoms with van der Waals surface area (Å²) in [6.45, 7) is 10.4. The fourth-order valence-electron chi connectivity index (χ4n) is 3.87. The maximum atomic E-state index is 11.2. The Labute approximate surface area is 181 Å². The highest BCUT2D eigenvalue weighted by atomic mass is 35.6. The minimum absolute atomic E-state index is 0.258. The van der Waals surface area contributed by atoms with Crippen LogP contribution in [-0.4, -0.2) is 20.0 Å². The van der Waals surface area contributed by atoms with E-state index in [0.717, 1.165) is 12.8 Å². The molecule has 0 rings (SSSR count). The molecule has 166 valence electrons. The molecule has 0 amide bonds. The van der Waals surface area contributed by atoms with Crippen molar-refractivity contribution in [1.82, 2.24) is 0 Å². The molecule has 2 nitrogen and oxygen atoms in total. The Morgan fingerprint density at radius 1 is 0.750 bits per heavy atom. The Kier molecular flexibility index (Phi) is 18.5. The van der Waals surface area contributed by atoms with Crippen LogP contribution in [0.3, 0.4) is 0 Å². The van der Waals surface area contributed by atoms with Gasteiger partial charge in [-0.3, -0.25) is 0 Å². The number of halogens is 1. The average molecular weight is 431 g/mol. The van der Waals surface area contributed by atoms with E-state index >= 15 is 0 Å². The predicted octanol–water partition coefficient (Wildman–Crippen LogP) is 8.79. The highest BCUT2D eigenvalue weighted by Crippen LogP contribution is 2.31. The monoisotopic (exact) mass is 430 g/mol. The number of rotatable bonds is 20. The van der Waals surface area contributed by atoms with Gasteiger partial charge in [-0.25, -0.2) is 4.79 Å². The smallest absolute Gasteiger partial charge is 0.333 e. The lowest BCUT2D eigenvalue weighted by atomic mass is 10.1. The molecule has 0 heterocycles. The fourth-order valence-corrected chi connectivity index (χ4v) is 8.83. The van der Waals surface area contributed by atoms with Crippen molar-refractivity contribution in [3.8, 4) is 0 Å². The molecule has 0 saturated heterocycles. The summed E-state index contributed by atoms with van der Waals surface area (Å²) >= 11 is 6.93. The molecule has 0 atom stereocenters. The summed E-state index contributed by atoms with van der Waals surface area (Å²) in [6, 6.07) is 3.95. The second-order valence-corrected chi connectivity index (χ2v) is 14.8. The minimum atomic E-state index is -1.42. The number of hydrogen-bond acceptors (Lipinski definition) is 2. The van der Waals surface area contributed by atoms with Gasteiger partial charge < -0.3 is 4.74 Å². The quantitative estimate of drug-likeness (QED) is 0.0633. The van der Waals surface area contributed by atoms with E-state index in [-0.39, 0.29) is 5.97 Å². The van der Waals surface area contributed by atoms with Gasteiger partial charge in [-0.15, -0.1) is 0 Å². The number of unbranched alkanes of at least 4 members (excludes halogenated alkanes) is 11. The van der Waals surface area contributed by atoms with Crippen LogP contribution < -0.4 is 0 Å². The molecule has 4 heteroatoms. The van der Waals surface area contributed by atoms with E-state index in [1.165, 1.54) is 95.2 Å². The van der Waals surface area contributed by atoms with Gasteiger partial charge in [0, 0.05) is 5.57 Å². The lowest BCUT2D eigenvalue weighted by Crippen LogP contribution is -2.25. The van der Waals surface area contributed by atoms with Crippen molar-refractivity contribution < 1.29 is 9.53 Å². The zero-order valence-electron chi connectivity index (χ0n) is 19.1. The third-order valence-corrected chi connectivity index (χ3v) is 11.2. The molecule has 0 aliphatic carbocycles. The molecule has 0 radical (unpaired) electrons. The lowest BCUT2D eigenvalue weighted by Gasteiger charge is -2.23. The maximum absolute atomic E-state index is 11.2. The van der Waals surface area contributed by atoms with E-state index in [1.54, 1.807) is 6.92 Å². The van der Waals surface area contributed by atoms with Gasteiger partial charge in [-0.2, -0.15) is 11.1 Å². The molecule has 0 aliphatic heterocycles. The van der Waals surface area contributed by atoms with Gasteiger partial charge >= 0.3 is 5.97 Å². The van der Waals surface area contributed by atoms with Crippen LogP contribution >= 0.6 is 11.1 Å². The molecule has 0 aromatic heterocycles. The molecule has 0 unspecified atom stereocenters. The summed E-state index contributed by atoms with van der Waals surface area (Å²) < 4.78 is 5.10. The van der Waals surface area contributed by atoms with Crippen molar-refractivity contribution in [2.45, 2.75) is 129 Å². The Morgan fingerprint density at radius 3 is 1.54 bits per heavy atom. The van der Waals surface area contributed by atoms with Crippen molar-refractivity contribution in [1.29, 1.82) is 0 Å². The Hall–Kier alpha value is -0.283. The first-order valence-corrected chi connectivity index (χ1v) is 15.6. The van der Waals surface area contributed by atoms with Crippen LogP contribution in [0.25, 0.3) is 0 Å². The van der Waals surface area contributed by atoms with Crippen molar-refractivity contribution in [2.24, 2.45) is 0 Å². The van der Waals surface area contributed by atoms with Gasteiger partial charge in [0.2, 0.25) is 0 Å². The molecule has 0 spiro atoms. The molecule has 0 N–H and O–H groups in total. The highest BCUT2D eigenvalue weighted by Gasteiger charge is 2.27. The predicted molar refractivity (Wildman–Crippen MR) is 128 cm³/mol. The molecule has 0 bridgehead atoms. The second kappa shape index (κ2) is 18.7. The van der Waals surface area contributed by atoms with Crippen LogP contribution in [0.4, 0.5) is 0 Å². The molecule has 0 fully saturated rings. The first-order valence-electron chi connectivity index (χ1n) is 12.0. The Bertz CT molecular complexity index is 392. The standard InChI is InChI=1S/C24H47ClO2Si/c1-5-20-28(25,21-6-2)22-18-16-14-12-10-8-7-9-11-13-15-17-19-27-24(26)23(3)4/h3,5-22H2,1-2,4H3. The first-order chi connectivity index (χ1) is 13.4. The zero-order chi connectivity index (χ0) is 21.1. The molecular weight excluding hydrogens is 384 g/mol. The van der Waals surface area contributed by atoms with Gasteiger partial charge in [0.15, 0.2) is 7.38 Å². The van der Waals surface area contributed by atoms with E-state index < -0.39 is 7.38 Å². The normalized spacial score (nSPS) is 11.6. The van der Waals surface area contributed by atoms with Gasteiger partial charge in [0.25, 0.3) is 0 Å². The second-order valence-electron chi connectivity index (χ2n) is 8.56. The summed E-state index contributed by atoms with van der Waals surface area (Å²) in [5.74, 6) is -0.258. The van der Waals surface area contributed by atoms with E-state index in [4.69, 9.17) is 15.8 Å². The topological polar surface area (TPSA) is 26.3 Å². The maximum Gasteiger partial charge on any atom is 0.333 e. The van der Waals surface area contributed by atoms with E-state index in [1.807, 2.05) is 0 Å². The number of esters is 1. The van der Waals surface area contributed by atoms with Crippen LogP contribution in [0.1, 0.15) is 111 Å². The molecule has 28 heavy (non-hydrogen) atoms. The summed E-state index contributed by atoms with van der Waals surface area (Å²) in [5, 5.41) is 0. The van der Waals surface area contributed by atoms with Crippen LogP contribution in [-0.2, 0) is 9.53 Å². The molecule has 0 aromatic carbocycles. The van der Waals surface area contributed by atoms with Gasteiger partial charge in [-0.1, -0.05) is 104 Å². The highest BCUT2D eigenvalue weighted by molar-refractivity contribution is 7.20. The first kappa shape index (κ1) is 27.7. The van der Waals surface area contributed by atoms with Crippen molar-refractivity contribution in [2.75, 3.05) is 6.61 Å². The number of hydrogen-bond donors (Lipinski definition) is 0. The van der Waals surface area contributed by atoms with E-state index in [0.29, 0.717) is 12.2 Å². The summed E-state index contributed by atoms with van der Waals surface area (Å²) in [5.41, 5.74) is 0.488. The van der Waals surface area contributed by atoms with Crippen molar-refractivity contribution in [3.63, 3.8) is 0 Å². The van der Waals surface area contributed by atoms with Gasteiger partial charge in [0.05, 0.1) is 6.61 Å². The molecular formula is C24H47ClO2Si. The number of ether oxygens (including phenoxy) is 1. The largest absolute Gasteiger partial charge is 0.462 e. The number of carbonyl (C=O) groups is 1. The van der Waals surface area contributed by atoms with Crippen molar-refractivity contribution >= 4 is 24.4 Å². The minimum Gasteiger partial charge on any atom is -0.462 e. The van der Waals surface area contributed by atoms with Gasteiger partial charge in [-0.05, 0) is 31.5 Å². The molecule has 0 aliphatic rings. The van der Waals surface area contributed by atoms with Crippen LogP contribution in [0, 0.1) is 0 Å². The SMILES string of the molecule is C=C(C)C(=O)OCCCCCCCCCCCCCC[Si](Cl)(CCC)CCC. The number of carbonyl (C=O) groups excluding carboxylic acids is 1. The molecule has 0 saturated carbocycles. The Balaban J connectivity index is 3.33. The molecule has 0 aromatic rings. The third kappa shape index (κ3) is 16.7. The lowest BCUT2D eigenvalue weighted by molar-refractivity contribution is -0.139. The van der Waals surface area contributed by atoms with Gasteiger partial charge in [0.1, 0.15) is 0 Å². The van der Waals surface area contributed by atoms with Crippen LogP contribution in [0.2, 0.25) is 18.1 Å². The summed E-state index contributed by atoms with van der Waals surface area (Å²) in [4.78, 5) is 11.2. The summed E-state index contributed by atoms with van der Waals surface area (Å²) in [7, 11) is -1.42.